The topological polar surface area (TPSA) is 77.8 Å². The molecular weight excluding hydrogens is 338 g/mol. The first kappa shape index (κ1) is 15.8. The molecule has 2 rings (SSSR count). The van der Waals surface area contributed by atoms with E-state index in [9.17, 15) is 19.8 Å². The number of carbonyl (C=O) groups excluding carboxylic acids is 1. The molecule has 0 radical (unpaired) electrons. The Morgan fingerprint density at radius 3 is 2.71 bits per heavy atom. The Bertz CT molecular complexity index is 561. The number of rotatable bonds is 3. The van der Waals surface area contributed by atoms with Gasteiger partial charge in [0.2, 0.25) is 0 Å². The van der Waals surface area contributed by atoms with Crippen molar-refractivity contribution in [3.8, 4) is 5.75 Å². The highest BCUT2D eigenvalue weighted by molar-refractivity contribution is 9.10. The van der Waals surface area contributed by atoms with Crippen LogP contribution in [0.1, 0.15) is 36.5 Å². The van der Waals surface area contributed by atoms with Crippen molar-refractivity contribution in [2.45, 2.75) is 32.2 Å². The van der Waals surface area contributed by atoms with Crippen molar-refractivity contribution in [2.24, 2.45) is 5.92 Å². The number of nitrogens with zero attached hydrogens (tertiary/aromatic N) is 1. The van der Waals surface area contributed by atoms with E-state index in [0.29, 0.717) is 28.9 Å². The third-order valence-corrected chi connectivity index (χ3v) is 4.70. The molecule has 1 fully saturated rings. The number of phenolic OH excluding ortho intramolecular Hbond substituents is 1. The summed E-state index contributed by atoms with van der Waals surface area (Å²) in [5.74, 6) is -1.01. The van der Waals surface area contributed by atoms with Crippen LogP contribution in [0, 0.1) is 5.92 Å². The fourth-order valence-electron chi connectivity index (χ4n) is 2.70. The van der Waals surface area contributed by atoms with Crippen molar-refractivity contribution in [3.05, 3.63) is 28.2 Å². The van der Waals surface area contributed by atoms with Gasteiger partial charge in [-0.05, 0) is 52.9 Å². The molecule has 2 unspecified atom stereocenters. The second-order valence-electron chi connectivity index (χ2n) is 5.32. The van der Waals surface area contributed by atoms with E-state index >= 15 is 0 Å². The molecule has 2 atom stereocenters. The molecule has 2 N–H and O–H groups in total. The average Bonchev–Trinajstić information content (AvgIpc) is 2.48. The number of aromatic hydroxyl groups is 1. The van der Waals surface area contributed by atoms with Crippen molar-refractivity contribution in [3.63, 3.8) is 0 Å². The van der Waals surface area contributed by atoms with Crippen LogP contribution >= 0.6 is 15.9 Å². The smallest absolute Gasteiger partial charge is 0.326 e. The zero-order valence-electron chi connectivity index (χ0n) is 11.8. The number of piperidine rings is 1. The highest BCUT2D eigenvalue weighted by Gasteiger charge is 2.36. The van der Waals surface area contributed by atoms with E-state index in [-0.39, 0.29) is 11.7 Å². The van der Waals surface area contributed by atoms with E-state index in [1.807, 2.05) is 6.92 Å². The van der Waals surface area contributed by atoms with E-state index in [4.69, 9.17) is 0 Å². The van der Waals surface area contributed by atoms with E-state index in [1.54, 1.807) is 12.1 Å². The Morgan fingerprint density at radius 1 is 1.43 bits per heavy atom. The van der Waals surface area contributed by atoms with Crippen LogP contribution in [0.3, 0.4) is 0 Å². The Labute approximate surface area is 131 Å². The molecule has 0 aromatic heterocycles. The molecule has 21 heavy (non-hydrogen) atoms. The SMILES string of the molecule is CCC1CCN(C(=O)c2ccc(Br)c(O)c2)C(C(=O)O)C1. The van der Waals surface area contributed by atoms with Crippen molar-refractivity contribution in [1.29, 1.82) is 0 Å². The number of carboxylic acids is 1. The number of aliphatic carboxylic acids is 1. The second kappa shape index (κ2) is 6.47. The maximum atomic E-state index is 12.5. The van der Waals surface area contributed by atoms with E-state index in [1.165, 1.54) is 11.0 Å². The number of benzene rings is 1. The van der Waals surface area contributed by atoms with Gasteiger partial charge in [-0.25, -0.2) is 4.79 Å². The monoisotopic (exact) mass is 355 g/mol. The summed E-state index contributed by atoms with van der Waals surface area (Å²) in [4.78, 5) is 25.3. The van der Waals surface area contributed by atoms with Crippen LogP contribution in [-0.2, 0) is 4.79 Å². The summed E-state index contributed by atoms with van der Waals surface area (Å²) in [6, 6.07) is 3.73. The van der Waals surface area contributed by atoms with Gasteiger partial charge in [-0.3, -0.25) is 4.79 Å². The largest absolute Gasteiger partial charge is 0.507 e. The number of carbonyl (C=O) groups is 2. The molecule has 0 aliphatic carbocycles. The lowest BCUT2D eigenvalue weighted by atomic mass is 9.88. The van der Waals surface area contributed by atoms with Crippen LogP contribution in [0.2, 0.25) is 0 Å². The summed E-state index contributed by atoms with van der Waals surface area (Å²) in [5, 5.41) is 19.0. The molecule has 6 heteroatoms. The summed E-state index contributed by atoms with van der Waals surface area (Å²) in [7, 11) is 0. The van der Waals surface area contributed by atoms with Crippen molar-refractivity contribution in [2.75, 3.05) is 6.54 Å². The number of halogens is 1. The van der Waals surface area contributed by atoms with Crippen molar-refractivity contribution in [1.82, 2.24) is 4.90 Å². The summed E-state index contributed by atoms with van der Waals surface area (Å²) >= 11 is 3.16. The molecule has 114 valence electrons. The number of amides is 1. The minimum Gasteiger partial charge on any atom is -0.507 e. The number of hydrogen-bond donors (Lipinski definition) is 2. The molecule has 1 aromatic rings. The fraction of sp³-hybridized carbons (Fsp3) is 0.467. The van der Waals surface area contributed by atoms with Gasteiger partial charge >= 0.3 is 5.97 Å². The van der Waals surface area contributed by atoms with Crippen molar-refractivity contribution >= 4 is 27.8 Å². The number of hydrogen-bond acceptors (Lipinski definition) is 3. The van der Waals surface area contributed by atoms with Crippen LogP contribution < -0.4 is 0 Å². The zero-order chi connectivity index (χ0) is 15.6. The fourth-order valence-corrected chi connectivity index (χ4v) is 2.94. The Kier molecular flexibility index (Phi) is 4.88. The number of likely N-dealkylation sites (tertiary alicyclic amines) is 1. The van der Waals surface area contributed by atoms with Crippen LogP contribution in [0.4, 0.5) is 0 Å². The molecule has 1 aliphatic heterocycles. The predicted octanol–water partition coefficient (Wildman–Crippen LogP) is 2.87. The van der Waals surface area contributed by atoms with Gasteiger partial charge in [0.25, 0.3) is 5.91 Å². The summed E-state index contributed by atoms with van der Waals surface area (Å²) in [5.41, 5.74) is 0.303. The average molecular weight is 356 g/mol. The van der Waals surface area contributed by atoms with Gasteiger partial charge in [-0.15, -0.1) is 0 Å². The Balaban J connectivity index is 2.24. The maximum Gasteiger partial charge on any atom is 0.326 e. The van der Waals surface area contributed by atoms with Crippen LogP contribution in [0.25, 0.3) is 0 Å². The van der Waals surface area contributed by atoms with E-state index < -0.39 is 12.0 Å². The van der Waals surface area contributed by atoms with E-state index in [2.05, 4.69) is 15.9 Å². The normalized spacial score (nSPS) is 22.1. The molecular formula is C15H18BrNO4. The first-order valence-corrected chi connectivity index (χ1v) is 7.75. The predicted molar refractivity (Wildman–Crippen MR) is 81.3 cm³/mol. The summed E-state index contributed by atoms with van der Waals surface area (Å²) in [6.07, 6.45) is 2.22. The first-order valence-electron chi connectivity index (χ1n) is 6.96. The molecule has 1 heterocycles. The number of carboxylic acid groups (broad SMARTS) is 1. The third-order valence-electron chi connectivity index (χ3n) is 4.03. The third kappa shape index (κ3) is 3.37. The molecule has 1 aliphatic rings. The van der Waals surface area contributed by atoms with E-state index in [0.717, 1.165) is 12.8 Å². The molecule has 1 aromatic carbocycles. The highest BCUT2D eigenvalue weighted by Crippen LogP contribution is 2.29. The van der Waals surface area contributed by atoms with Gasteiger partial charge in [0.1, 0.15) is 11.8 Å². The quantitative estimate of drug-likeness (QED) is 0.873. The van der Waals surface area contributed by atoms with Gasteiger partial charge in [-0.1, -0.05) is 13.3 Å². The minimum absolute atomic E-state index is 0.0313. The molecule has 5 nitrogen and oxygen atoms in total. The van der Waals surface area contributed by atoms with Gasteiger partial charge in [-0.2, -0.15) is 0 Å². The minimum atomic E-state index is -0.970. The lowest BCUT2D eigenvalue weighted by Crippen LogP contribution is -2.50. The Hall–Kier alpha value is -1.56. The Morgan fingerprint density at radius 2 is 2.14 bits per heavy atom. The maximum absolute atomic E-state index is 12.5. The van der Waals surface area contributed by atoms with Gasteiger partial charge < -0.3 is 15.1 Å². The summed E-state index contributed by atoms with van der Waals surface area (Å²) < 4.78 is 0.499. The zero-order valence-corrected chi connectivity index (χ0v) is 13.3. The summed E-state index contributed by atoms with van der Waals surface area (Å²) in [6.45, 7) is 2.47. The second-order valence-corrected chi connectivity index (χ2v) is 6.17. The highest BCUT2D eigenvalue weighted by atomic mass is 79.9. The van der Waals surface area contributed by atoms with Crippen LogP contribution in [0.15, 0.2) is 22.7 Å². The lowest BCUT2D eigenvalue weighted by Gasteiger charge is -2.37. The first-order chi connectivity index (χ1) is 9.93. The van der Waals surface area contributed by atoms with Gasteiger partial charge in [0, 0.05) is 12.1 Å². The van der Waals surface area contributed by atoms with Crippen molar-refractivity contribution < 1.29 is 19.8 Å². The van der Waals surface area contributed by atoms with Crippen LogP contribution in [-0.4, -0.2) is 39.6 Å². The molecule has 0 spiro atoms. The van der Waals surface area contributed by atoms with Gasteiger partial charge in [0.15, 0.2) is 0 Å². The molecule has 1 saturated heterocycles. The molecule has 0 saturated carbocycles. The lowest BCUT2D eigenvalue weighted by molar-refractivity contribution is -0.144. The number of phenols is 1. The standard InChI is InChI=1S/C15H18BrNO4/c1-2-9-5-6-17(12(7-9)15(20)21)14(19)10-3-4-11(16)13(18)8-10/h3-4,8-9,12,18H,2,5-7H2,1H3,(H,20,21). The molecule has 1 amide bonds. The molecule has 0 bridgehead atoms. The van der Waals surface area contributed by atoms with Gasteiger partial charge in [0.05, 0.1) is 4.47 Å². The van der Waals surface area contributed by atoms with Crippen LogP contribution in [0.5, 0.6) is 5.75 Å².